The van der Waals surface area contributed by atoms with Gasteiger partial charge in [0.1, 0.15) is 5.82 Å². The molecule has 2 heteroatoms. The maximum Gasteiger partial charge on any atom is 0.123 e. The Morgan fingerprint density at radius 2 is 2.06 bits per heavy atom. The van der Waals surface area contributed by atoms with Crippen molar-refractivity contribution in [1.82, 2.24) is 5.32 Å². The van der Waals surface area contributed by atoms with E-state index in [1.807, 2.05) is 6.07 Å². The quantitative estimate of drug-likeness (QED) is 0.823. The molecule has 1 nitrogen and oxygen atoms in total. The van der Waals surface area contributed by atoms with Crippen LogP contribution in [0.1, 0.15) is 57.2 Å². The molecule has 0 heterocycles. The first-order chi connectivity index (χ1) is 8.56. The van der Waals surface area contributed by atoms with Crippen molar-refractivity contribution in [2.45, 2.75) is 58.5 Å². The van der Waals surface area contributed by atoms with Crippen LogP contribution in [0.2, 0.25) is 0 Å². The third-order valence-corrected chi connectivity index (χ3v) is 3.85. The van der Waals surface area contributed by atoms with Gasteiger partial charge in [0.25, 0.3) is 0 Å². The fraction of sp³-hybridized carbons (Fsp3) is 0.625. The van der Waals surface area contributed by atoms with Gasteiger partial charge < -0.3 is 5.32 Å². The number of nitrogens with one attached hydrogen (secondary N) is 1. The molecule has 1 aromatic rings. The molecule has 2 rings (SSSR count). The van der Waals surface area contributed by atoms with Crippen LogP contribution in [0.5, 0.6) is 0 Å². The molecular weight excluding hydrogens is 225 g/mol. The maximum atomic E-state index is 13.1. The third-order valence-electron chi connectivity index (χ3n) is 3.85. The fourth-order valence-corrected chi connectivity index (χ4v) is 2.77. The second kappa shape index (κ2) is 5.83. The average Bonchev–Trinajstić information content (AvgIpc) is 2.69. The molecule has 1 aliphatic carbocycles. The number of hydrogen-bond acceptors (Lipinski definition) is 1. The summed E-state index contributed by atoms with van der Waals surface area (Å²) in [6, 6.07) is 6.17. The van der Waals surface area contributed by atoms with Gasteiger partial charge in [0, 0.05) is 12.1 Å². The maximum absolute atomic E-state index is 13.1. The number of aryl methyl sites for hydroxylation is 1. The molecule has 0 aliphatic heterocycles. The molecule has 0 aromatic heterocycles. The standard InChI is InChI=1S/C16H24FN/c1-11(2)4-5-12(3)18-16-9-6-13-10-14(17)7-8-15(13)16/h7-8,10-12,16,18H,4-6,9H2,1-3H3. The van der Waals surface area contributed by atoms with E-state index in [-0.39, 0.29) is 5.82 Å². The zero-order chi connectivity index (χ0) is 13.1. The topological polar surface area (TPSA) is 12.0 Å². The second-order valence-electron chi connectivity index (χ2n) is 5.97. The average molecular weight is 249 g/mol. The van der Waals surface area contributed by atoms with Gasteiger partial charge in [0.15, 0.2) is 0 Å². The number of halogens is 1. The van der Waals surface area contributed by atoms with Gasteiger partial charge in [-0.2, -0.15) is 0 Å². The van der Waals surface area contributed by atoms with Crippen molar-refractivity contribution in [2.75, 3.05) is 0 Å². The van der Waals surface area contributed by atoms with E-state index in [0.29, 0.717) is 12.1 Å². The summed E-state index contributed by atoms with van der Waals surface area (Å²) < 4.78 is 13.1. The van der Waals surface area contributed by atoms with Gasteiger partial charge >= 0.3 is 0 Å². The molecule has 100 valence electrons. The van der Waals surface area contributed by atoms with Crippen molar-refractivity contribution in [3.05, 3.63) is 35.1 Å². The van der Waals surface area contributed by atoms with Gasteiger partial charge in [-0.15, -0.1) is 0 Å². The summed E-state index contributed by atoms with van der Waals surface area (Å²) in [7, 11) is 0. The Labute approximate surface area is 110 Å². The number of rotatable bonds is 5. The lowest BCUT2D eigenvalue weighted by molar-refractivity contribution is 0.402. The molecule has 2 atom stereocenters. The van der Waals surface area contributed by atoms with Gasteiger partial charge in [-0.25, -0.2) is 4.39 Å². The molecule has 0 saturated heterocycles. The molecule has 0 bridgehead atoms. The van der Waals surface area contributed by atoms with Crippen LogP contribution in [-0.2, 0) is 6.42 Å². The van der Waals surface area contributed by atoms with Gasteiger partial charge in [-0.1, -0.05) is 19.9 Å². The van der Waals surface area contributed by atoms with Gasteiger partial charge in [0.2, 0.25) is 0 Å². The second-order valence-corrected chi connectivity index (χ2v) is 5.97. The Morgan fingerprint density at radius 3 is 2.78 bits per heavy atom. The lowest BCUT2D eigenvalue weighted by Gasteiger charge is -2.21. The predicted octanol–water partition coefficient (Wildman–Crippen LogP) is 4.23. The van der Waals surface area contributed by atoms with Crippen LogP contribution in [-0.4, -0.2) is 6.04 Å². The Morgan fingerprint density at radius 1 is 1.28 bits per heavy atom. The molecule has 2 unspecified atom stereocenters. The lowest BCUT2D eigenvalue weighted by atomic mass is 10.0. The molecule has 0 saturated carbocycles. The van der Waals surface area contributed by atoms with Crippen molar-refractivity contribution in [3.8, 4) is 0 Å². The Bertz CT molecular complexity index is 400. The smallest absolute Gasteiger partial charge is 0.123 e. The SMILES string of the molecule is CC(C)CCC(C)NC1CCc2cc(F)ccc21. The first-order valence-corrected chi connectivity index (χ1v) is 7.10. The van der Waals surface area contributed by atoms with Crippen molar-refractivity contribution < 1.29 is 4.39 Å². The van der Waals surface area contributed by atoms with Crippen LogP contribution in [0.15, 0.2) is 18.2 Å². The van der Waals surface area contributed by atoms with Crippen LogP contribution in [0.3, 0.4) is 0 Å². The zero-order valence-electron chi connectivity index (χ0n) is 11.7. The number of fused-ring (bicyclic) bond motifs is 1. The van der Waals surface area contributed by atoms with Crippen LogP contribution in [0.4, 0.5) is 4.39 Å². The molecule has 0 amide bonds. The lowest BCUT2D eigenvalue weighted by Crippen LogP contribution is -2.29. The molecule has 1 N–H and O–H groups in total. The molecule has 18 heavy (non-hydrogen) atoms. The summed E-state index contributed by atoms with van der Waals surface area (Å²) in [5.74, 6) is 0.654. The highest BCUT2D eigenvalue weighted by atomic mass is 19.1. The monoisotopic (exact) mass is 249 g/mol. The number of hydrogen-bond donors (Lipinski definition) is 1. The number of benzene rings is 1. The normalized spacial score (nSPS) is 20.2. The van der Waals surface area contributed by atoms with E-state index in [2.05, 4.69) is 26.1 Å². The Hall–Kier alpha value is -0.890. The van der Waals surface area contributed by atoms with Gasteiger partial charge in [-0.3, -0.25) is 0 Å². The van der Waals surface area contributed by atoms with Gasteiger partial charge in [-0.05, 0) is 61.8 Å². The minimum atomic E-state index is -0.109. The highest BCUT2D eigenvalue weighted by Gasteiger charge is 2.23. The summed E-state index contributed by atoms with van der Waals surface area (Å²) in [6.45, 7) is 6.78. The van der Waals surface area contributed by atoms with Crippen molar-refractivity contribution in [3.63, 3.8) is 0 Å². The van der Waals surface area contributed by atoms with Gasteiger partial charge in [0.05, 0.1) is 0 Å². The summed E-state index contributed by atoms with van der Waals surface area (Å²) in [5.41, 5.74) is 2.48. The highest BCUT2D eigenvalue weighted by molar-refractivity contribution is 5.35. The van der Waals surface area contributed by atoms with Crippen molar-refractivity contribution in [2.24, 2.45) is 5.92 Å². The Balaban J connectivity index is 1.93. The first kappa shape index (κ1) is 13.5. The van der Waals surface area contributed by atoms with Crippen molar-refractivity contribution in [1.29, 1.82) is 0 Å². The van der Waals surface area contributed by atoms with E-state index >= 15 is 0 Å². The summed E-state index contributed by atoms with van der Waals surface area (Å²) in [6.07, 6.45) is 4.58. The summed E-state index contributed by atoms with van der Waals surface area (Å²) in [5, 5.41) is 3.69. The van der Waals surface area contributed by atoms with Crippen LogP contribution in [0.25, 0.3) is 0 Å². The Kier molecular flexibility index (Phi) is 4.39. The van der Waals surface area contributed by atoms with Crippen LogP contribution >= 0.6 is 0 Å². The van der Waals surface area contributed by atoms with E-state index in [0.717, 1.165) is 18.8 Å². The molecule has 0 radical (unpaired) electrons. The van der Waals surface area contributed by atoms with E-state index in [4.69, 9.17) is 0 Å². The minimum Gasteiger partial charge on any atom is -0.307 e. The summed E-state index contributed by atoms with van der Waals surface area (Å²) in [4.78, 5) is 0. The predicted molar refractivity (Wildman–Crippen MR) is 74.1 cm³/mol. The minimum absolute atomic E-state index is 0.109. The third kappa shape index (κ3) is 3.32. The van der Waals surface area contributed by atoms with Crippen LogP contribution < -0.4 is 5.32 Å². The highest BCUT2D eigenvalue weighted by Crippen LogP contribution is 2.32. The molecule has 1 aliphatic rings. The van der Waals surface area contributed by atoms with Crippen molar-refractivity contribution >= 4 is 0 Å². The molecule has 1 aromatic carbocycles. The van der Waals surface area contributed by atoms with Crippen LogP contribution in [0, 0.1) is 11.7 Å². The summed E-state index contributed by atoms with van der Waals surface area (Å²) >= 11 is 0. The molecule has 0 fully saturated rings. The largest absolute Gasteiger partial charge is 0.307 e. The molecule has 0 spiro atoms. The molecular formula is C16H24FN. The van der Waals surface area contributed by atoms with E-state index in [1.165, 1.54) is 24.0 Å². The van der Waals surface area contributed by atoms with E-state index in [1.54, 1.807) is 12.1 Å². The first-order valence-electron chi connectivity index (χ1n) is 7.10. The van der Waals surface area contributed by atoms with E-state index < -0.39 is 0 Å². The zero-order valence-corrected chi connectivity index (χ0v) is 11.7. The fourth-order valence-electron chi connectivity index (χ4n) is 2.77. The van der Waals surface area contributed by atoms with E-state index in [9.17, 15) is 4.39 Å².